The van der Waals surface area contributed by atoms with Crippen LogP contribution in [0, 0.1) is 0 Å². The Labute approximate surface area is 209 Å². The summed E-state index contributed by atoms with van der Waals surface area (Å²) in [6, 6.07) is 18.1. The van der Waals surface area contributed by atoms with Gasteiger partial charge in [-0.3, -0.25) is 14.9 Å². The van der Waals surface area contributed by atoms with Gasteiger partial charge in [-0.05, 0) is 61.9 Å². The molecule has 1 heterocycles. The molecule has 0 unspecified atom stereocenters. The topological polar surface area (TPSA) is 79.0 Å². The third-order valence-corrected chi connectivity index (χ3v) is 5.91. The highest BCUT2D eigenvalue weighted by molar-refractivity contribution is 6.31. The predicted octanol–water partition coefficient (Wildman–Crippen LogP) is 5.44. The predicted molar refractivity (Wildman–Crippen MR) is 137 cm³/mol. The third kappa shape index (κ3) is 5.92. The molecule has 0 radical (unpaired) electrons. The zero-order valence-electron chi connectivity index (χ0n) is 20.0. The van der Waals surface area contributed by atoms with Crippen molar-refractivity contribution in [3.63, 3.8) is 0 Å². The Bertz CT molecular complexity index is 1280. The first-order valence-electron chi connectivity index (χ1n) is 11.5. The number of nitrogens with one attached hydrogen (secondary N) is 1. The molecule has 1 saturated heterocycles. The minimum atomic E-state index is -0.670. The molecule has 0 aromatic heterocycles. The second-order valence-corrected chi connectivity index (χ2v) is 9.90. The molecule has 0 bridgehead atoms. The molecule has 4 rings (SSSR count). The Hall–Kier alpha value is -3.58. The Balaban J connectivity index is 1.53. The van der Waals surface area contributed by atoms with Crippen LogP contribution in [0.4, 0.5) is 10.5 Å². The SMILES string of the molecule is CC(C)(C)OC(=O)Nc1cc2ccccc2cc1C(=O)N1CCN(C(=O)c2cccc(Cl)c2)CC1. The second-order valence-electron chi connectivity index (χ2n) is 9.47. The van der Waals surface area contributed by atoms with E-state index >= 15 is 0 Å². The molecule has 8 heteroatoms. The quantitative estimate of drug-likeness (QED) is 0.527. The first kappa shape index (κ1) is 24.5. The first-order chi connectivity index (χ1) is 16.6. The van der Waals surface area contributed by atoms with Gasteiger partial charge >= 0.3 is 6.09 Å². The van der Waals surface area contributed by atoms with E-state index in [1.54, 1.807) is 67.0 Å². The van der Waals surface area contributed by atoms with Crippen LogP contribution in [-0.4, -0.2) is 59.5 Å². The van der Waals surface area contributed by atoms with E-state index in [0.29, 0.717) is 48.0 Å². The highest BCUT2D eigenvalue weighted by atomic mass is 35.5. The van der Waals surface area contributed by atoms with Crippen molar-refractivity contribution in [2.45, 2.75) is 26.4 Å². The van der Waals surface area contributed by atoms with Crippen molar-refractivity contribution in [2.75, 3.05) is 31.5 Å². The van der Waals surface area contributed by atoms with Gasteiger partial charge in [-0.1, -0.05) is 41.9 Å². The molecular weight excluding hydrogens is 466 g/mol. The molecule has 1 fully saturated rings. The van der Waals surface area contributed by atoms with E-state index in [1.165, 1.54) is 0 Å². The number of benzene rings is 3. The summed E-state index contributed by atoms with van der Waals surface area (Å²) in [4.78, 5) is 42.3. The normalized spacial score (nSPS) is 14.1. The molecule has 1 N–H and O–H groups in total. The van der Waals surface area contributed by atoms with Gasteiger partial charge in [-0.15, -0.1) is 0 Å². The molecule has 3 aromatic carbocycles. The number of halogens is 1. The molecule has 1 aliphatic heterocycles. The summed E-state index contributed by atoms with van der Waals surface area (Å²) < 4.78 is 5.40. The van der Waals surface area contributed by atoms with Crippen LogP contribution in [0.1, 0.15) is 41.5 Å². The summed E-state index contributed by atoms with van der Waals surface area (Å²) in [5.41, 5.74) is 0.622. The van der Waals surface area contributed by atoms with E-state index in [2.05, 4.69) is 5.32 Å². The number of rotatable bonds is 3. The minimum absolute atomic E-state index is 0.113. The average molecular weight is 494 g/mol. The lowest BCUT2D eigenvalue weighted by Gasteiger charge is -2.35. The molecule has 182 valence electrons. The van der Waals surface area contributed by atoms with Gasteiger partial charge in [0.05, 0.1) is 11.3 Å². The lowest BCUT2D eigenvalue weighted by Crippen LogP contribution is -2.50. The van der Waals surface area contributed by atoms with Crippen molar-refractivity contribution in [1.82, 2.24) is 9.80 Å². The van der Waals surface area contributed by atoms with Crippen LogP contribution in [0.3, 0.4) is 0 Å². The van der Waals surface area contributed by atoms with Gasteiger partial charge in [-0.25, -0.2) is 4.79 Å². The number of piperazine rings is 1. The van der Waals surface area contributed by atoms with Crippen molar-refractivity contribution in [3.8, 4) is 0 Å². The average Bonchev–Trinajstić information content (AvgIpc) is 2.81. The number of carbonyl (C=O) groups excluding carboxylic acids is 3. The van der Waals surface area contributed by atoms with Crippen LogP contribution < -0.4 is 5.32 Å². The van der Waals surface area contributed by atoms with Crippen LogP contribution in [-0.2, 0) is 4.74 Å². The van der Waals surface area contributed by atoms with Crippen molar-refractivity contribution >= 4 is 46.0 Å². The largest absolute Gasteiger partial charge is 0.444 e. The van der Waals surface area contributed by atoms with Crippen LogP contribution in [0.5, 0.6) is 0 Å². The number of ether oxygens (including phenoxy) is 1. The van der Waals surface area contributed by atoms with Gasteiger partial charge in [-0.2, -0.15) is 0 Å². The van der Waals surface area contributed by atoms with Crippen molar-refractivity contribution in [2.24, 2.45) is 0 Å². The zero-order valence-corrected chi connectivity index (χ0v) is 20.8. The van der Waals surface area contributed by atoms with Gasteiger partial charge in [0.25, 0.3) is 11.8 Å². The van der Waals surface area contributed by atoms with Gasteiger partial charge < -0.3 is 14.5 Å². The fourth-order valence-electron chi connectivity index (χ4n) is 4.02. The van der Waals surface area contributed by atoms with E-state index in [4.69, 9.17) is 16.3 Å². The lowest BCUT2D eigenvalue weighted by molar-refractivity contribution is 0.0535. The molecule has 35 heavy (non-hydrogen) atoms. The number of amides is 3. The first-order valence-corrected chi connectivity index (χ1v) is 11.9. The standard InChI is InChI=1S/C27H28ClN3O4/c1-27(2,3)35-26(34)29-23-17-19-8-5-4-7-18(19)16-22(23)25(33)31-13-11-30(12-14-31)24(32)20-9-6-10-21(28)15-20/h4-10,15-17H,11-14H2,1-3H3,(H,29,34). The summed E-state index contributed by atoms with van der Waals surface area (Å²) in [7, 11) is 0. The fraction of sp³-hybridized carbons (Fsp3) is 0.296. The summed E-state index contributed by atoms with van der Waals surface area (Å²) >= 11 is 6.03. The number of fused-ring (bicyclic) bond motifs is 1. The molecule has 1 aliphatic rings. The Kier molecular flexibility index (Phi) is 6.98. The van der Waals surface area contributed by atoms with Crippen LogP contribution >= 0.6 is 11.6 Å². The maximum Gasteiger partial charge on any atom is 0.412 e. The Morgan fingerprint density at radius 1 is 0.829 bits per heavy atom. The lowest BCUT2D eigenvalue weighted by atomic mass is 10.0. The molecule has 0 atom stereocenters. The number of carbonyl (C=O) groups is 3. The van der Waals surface area contributed by atoms with Gasteiger partial charge in [0.15, 0.2) is 0 Å². The molecule has 0 saturated carbocycles. The molecule has 7 nitrogen and oxygen atoms in total. The minimum Gasteiger partial charge on any atom is -0.444 e. The summed E-state index contributed by atoms with van der Waals surface area (Å²) in [5.74, 6) is -0.325. The van der Waals surface area contributed by atoms with E-state index in [0.717, 1.165) is 10.8 Å². The molecular formula is C27H28ClN3O4. The Morgan fingerprint density at radius 3 is 2.03 bits per heavy atom. The highest BCUT2D eigenvalue weighted by Gasteiger charge is 2.28. The second kappa shape index (κ2) is 9.96. The molecule has 3 amide bonds. The maximum absolute atomic E-state index is 13.5. The smallest absolute Gasteiger partial charge is 0.412 e. The van der Waals surface area contributed by atoms with Gasteiger partial charge in [0.1, 0.15) is 5.60 Å². The van der Waals surface area contributed by atoms with Gasteiger partial charge in [0, 0.05) is 36.8 Å². The number of hydrogen-bond donors (Lipinski definition) is 1. The van der Waals surface area contributed by atoms with Crippen LogP contribution in [0.25, 0.3) is 10.8 Å². The number of anilines is 1. The number of hydrogen-bond acceptors (Lipinski definition) is 4. The summed E-state index contributed by atoms with van der Waals surface area (Å²) in [6.45, 7) is 6.91. The monoisotopic (exact) mass is 493 g/mol. The molecule has 0 spiro atoms. The van der Waals surface area contributed by atoms with E-state index in [9.17, 15) is 14.4 Å². The van der Waals surface area contributed by atoms with Gasteiger partial charge in [0.2, 0.25) is 0 Å². The fourth-order valence-corrected chi connectivity index (χ4v) is 4.21. The summed E-state index contributed by atoms with van der Waals surface area (Å²) in [5, 5.41) is 5.04. The number of nitrogens with zero attached hydrogens (tertiary/aromatic N) is 2. The summed E-state index contributed by atoms with van der Waals surface area (Å²) in [6.07, 6.45) is -0.626. The molecule has 3 aromatic rings. The highest BCUT2D eigenvalue weighted by Crippen LogP contribution is 2.27. The van der Waals surface area contributed by atoms with Crippen LogP contribution in [0.2, 0.25) is 5.02 Å². The molecule has 0 aliphatic carbocycles. The Morgan fingerprint density at radius 2 is 1.43 bits per heavy atom. The maximum atomic E-state index is 13.5. The van der Waals surface area contributed by atoms with Crippen molar-refractivity contribution < 1.29 is 19.1 Å². The van der Waals surface area contributed by atoms with Crippen molar-refractivity contribution in [3.05, 3.63) is 76.8 Å². The van der Waals surface area contributed by atoms with Crippen molar-refractivity contribution in [1.29, 1.82) is 0 Å². The third-order valence-electron chi connectivity index (χ3n) is 5.68. The van der Waals surface area contributed by atoms with Crippen LogP contribution in [0.15, 0.2) is 60.7 Å². The van der Waals surface area contributed by atoms with E-state index in [1.807, 2.05) is 24.3 Å². The van der Waals surface area contributed by atoms with E-state index < -0.39 is 11.7 Å². The zero-order chi connectivity index (χ0) is 25.2. The van der Waals surface area contributed by atoms with E-state index in [-0.39, 0.29) is 11.8 Å².